The molecule has 4 aromatic heterocycles. The van der Waals surface area contributed by atoms with E-state index in [9.17, 15) is 19.8 Å². The first kappa shape index (κ1) is 44.9. The molecule has 2 saturated heterocycles. The number of phenolic OH excluding ortho intramolecular Hbond substituents is 1. The molecule has 2 aromatic carbocycles. The number of imidazole rings is 1. The molecule has 3 aliphatic rings. The average Bonchev–Trinajstić information content (AvgIpc) is 4.12. The molecular weight excluding hydrogens is 859 g/mol. The second kappa shape index (κ2) is 19.3. The number of ether oxygens (including phenoxy) is 2. The fourth-order valence-electron chi connectivity index (χ4n) is 9.09. The predicted octanol–water partition coefficient (Wildman–Crippen LogP) is 6.27. The Bertz CT molecular complexity index is 2740. The zero-order chi connectivity index (χ0) is 46.1. The van der Waals surface area contributed by atoms with Gasteiger partial charge in [0.15, 0.2) is 11.6 Å². The molecule has 17 heteroatoms. The summed E-state index contributed by atoms with van der Waals surface area (Å²) in [7, 11) is 0. The Hall–Kier alpha value is -6.32. The Kier molecular flexibility index (Phi) is 13.1. The molecule has 2 unspecified atom stereocenters. The minimum absolute atomic E-state index is 0.0663. The number of aryl methyl sites for hydroxylation is 1. The lowest BCUT2D eigenvalue weighted by molar-refractivity contribution is -0.141. The van der Waals surface area contributed by atoms with Gasteiger partial charge in [-0.25, -0.2) is 9.97 Å². The van der Waals surface area contributed by atoms with Crippen LogP contribution in [0.25, 0.3) is 27.5 Å². The van der Waals surface area contributed by atoms with Crippen LogP contribution in [0.2, 0.25) is 0 Å². The number of rotatable bonds is 13. The number of piperidine rings is 1. The molecule has 1 aliphatic carbocycles. The average molecular weight is 914 g/mol. The minimum atomic E-state index is -0.816. The van der Waals surface area contributed by atoms with Gasteiger partial charge in [0.25, 0.3) is 0 Å². The number of anilines is 2. The molecule has 5 N–H and O–H groups in total. The summed E-state index contributed by atoms with van der Waals surface area (Å²) in [5.41, 5.74) is 12.8. The van der Waals surface area contributed by atoms with Crippen molar-refractivity contribution in [2.24, 2.45) is 5.92 Å². The smallest absolute Gasteiger partial charge is 0.243 e. The maximum Gasteiger partial charge on any atom is 0.243 e. The third-order valence-corrected chi connectivity index (χ3v) is 13.8. The van der Waals surface area contributed by atoms with Gasteiger partial charge in [-0.2, -0.15) is 4.98 Å². The molecule has 0 bridgehead atoms. The second-order valence-corrected chi connectivity index (χ2v) is 18.7. The number of nitrogens with two attached hydrogens (primary N) is 1. The van der Waals surface area contributed by atoms with Crippen LogP contribution in [0.1, 0.15) is 87.4 Å². The van der Waals surface area contributed by atoms with Crippen LogP contribution in [0.4, 0.5) is 11.6 Å². The van der Waals surface area contributed by atoms with Gasteiger partial charge in [0.2, 0.25) is 17.6 Å². The summed E-state index contributed by atoms with van der Waals surface area (Å²) in [6.07, 6.45) is 6.46. The highest BCUT2D eigenvalue weighted by Gasteiger charge is 2.44. The number of fused-ring (bicyclic) bond motifs is 1. The van der Waals surface area contributed by atoms with E-state index in [1.807, 2.05) is 69.6 Å². The molecule has 4 atom stereocenters. The number of benzene rings is 2. The monoisotopic (exact) mass is 913 g/mol. The molecule has 344 valence electrons. The Morgan fingerprint density at radius 1 is 1.02 bits per heavy atom. The lowest BCUT2D eigenvalue weighted by atomic mass is 9.91. The summed E-state index contributed by atoms with van der Waals surface area (Å²) in [4.78, 5) is 46.0. The van der Waals surface area contributed by atoms with Gasteiger partial charge in [-0.05, 0) is 55.9 Å². The SMILES string of the molecule is Cc1ncsc1-c1ccc(C(C)NC(=O)[C@@H]2C[C@@H](O)CN2C(=O)C(c2cc(N3CCC(OC4CC(OCC#Cc5cn6cc(-c7ccccc7O)nc6nc5N)C4)CC3)no2)C(C)C)cc1. The topological polar surface area (TPSA) is 207 Å². The number of aliphatic hydroxyl groups is 1. The highest BCUT2D eigenvalue weighted by molar-refractivity contribution is 7.13. The van der Waals surface area contributed by atoms with E-state index in [-0.39, 0.29) is 73.2 Å². The van der Waals surface area contributed by atoms with E-state index < -0.39 is 18.1 Å². The summed E-state index contributed by atoms with van der Waals surface area (Å²) >= 11 is 1.59. The van der Waals surface area contributed by atoms with Crippen LogP contribution in [0.5, 0.6) is 5.75 Å². The number of thiazole rings is 1. The number of β-amino-alcohol motifs (C(OH)–C–C–N with tert-alkyl or cyclic N) is 1. The standard InChI is InChI=1S/C49H55N9O7S/c1-28(2)44(48(62)58-25-34(59)20-40(58)47(61)52-29(3)31-11-13-32(14-12-31)45-30(4)51-27-66-45)42-23-43(55-65-42)56-17-15-35(16-18-56)64-37-21-36(22-37)63-19-7-8-33-24-57-26-39(53-49(57)54-46(33)50)38-9-5-6-10-41(38)60/h5-6,9-14,23-24,26-29,34-37,40,44,59-60H,15-22,25H2,1-4H3,(H,52,61)(H2,50,53,54)/t29?,34-,36?,37?,40+,44?/m1/s1. The third-order valence-electron chi connectivity index (χ3n) is 12.9. The first-order valence-electron chi connectivity index (χ1n) is 22.6. The van der Waals surface area contributed by atoms with Crippen molar-refractivity contribution < 1.29 is 33.8 Å². The summed E-state index contributed by atoms with van der Waals surface area (Å²) in [6, 6.07) is 15.8. The van der Waals surface area contributed by atoms with Crippen molar-refractivity contribution >= 4 is 40.6 Å². The van der Waals surface area contributed by atoms with E-state index in [1.54, 1.807) is 46.3 Å². The number of nitrogens with zero attached hydrogens (tertiary/aromatic N) is 7. The molecule has 9 rings (SSSR count). The quantitative estimate of drug-likeness (QED) is 0.0945. The number of nitrogen functional groups attached to an aromatic ring is 1. The number of nitrogens with one attached hydrogen (secondary N) is 1. The zero-order valence-electron chi connectivity index (χ0n) is 37.5. The number of para-hydroxylation sites is 1. The number of hydrogen-bond acceptors (Lipinski definition) is 14. The van der Waals surface area contributed by atoms with Gasteiger partial charge < -0.3 is 45.1 Å². The molecule has 1 saturated carbocycles. The molecule has 2 amide bonds. The van der Waals surface area contributed by atoms with Crippen molar-refractivity contribution in [1.29, 1.82) is 0 Å². The van der Waals surface area contributed by atoms with Gasteiger partial charge in [0.05, 0.1) is 57.8 Å². The highest BCUT2D eigenvalue weighted by Crippen LogP contribution is 2.35. The number of aliphatic hydroxyl groups excluding tert-OH is 1. The number of carbonyl (C=O) groups is 2. The number of aromatic nitrogens is 5. The Morgan fingerprint density at radius 2 is 1.79 bits per heavy atom. The third kappa shape index (κ3) is 9.64. The first-order valence-corrected chi connectivity index (χ1v) is 23.5. The summed E-state index contributed by atoms with van der Waals surface area (Å²) < 4.78 is 20.1. The van der Waals surface area contributed by atoms with Crippen molar-refractivity contribution in [3.8, 4) is 39.3 Å². The summed E-state index contributed by atoms with van der Waals surface area (Å²) in [6.45, 7) is 9.57. The van der Waals surface area contributed by atoms with Gasteiger partial charge >= 0.3 is 0 Å². The number of likely N-dealkylation sites (tertiary alicyclic amines) is 1. The first-order chi connectivity index (χ1) is 31.9. The van der Waals surface area contributed by atoms with Gasteiger partial charge in [-0.1, -0.05) is 67.2 Å². The van der Waals surface area contributed by atoms with Crippen molar-refractivity contribution in [2.75, 3.05) is 36.9 Å². The van der Waals surface area contributed by atoms with E-state index in [4.69, 9.17) is 19.7 Å². The van der Waals surface area contributed by atoms with Crippen LogP contribution in [0, 0.1) is 24.7 Å². The maximum atomic E-state index is 14.3. The molecule has 3 fully saturated rings. The molecule has 16 nitrogen and oxygen atoms in total. The fraction of sp³-hybridized carbons (Fsp3) is 0.429. The largest absolute Gasteiger partial charge is 0.507 e. The van der Waals surface area contributed by atoms with Gasteiger partial charge in [0, 0.05) is 62.9 Å². The van der Waals surface area contributed by atoms with Crippen molar-refractivity contribution in [2.45, 2.75) is 102 Å². The number of hydrogen-bond donors (Lipinski definition) is 4. The van der Waals surface area contributed by atoms with E-state index in [0.29, 0.717) is 34.2 Å². The van der Waals surface area contributed by atoms with Crippen LogP contribution >= 0.6 is 11.3 Å². The molecule has 0 spiro atoms. The molecule has 66 heavy (non-hydrogen) atoms. The van der Waals surface area contributed by atoms with Crippen molar-refractivity contribution in [3.05, 3.63) is 95.1 Å². The number of aromatic hydroxyl groups is 1. The zero-order valence-corrected chi connectivity index (χ0v) is 38.3. The number of phenols is 1. The van der Waals surface area contributed by atoms with Crippen molar-refractivity contribution in [1.82, 2.24) is 34.7 Å². The van der Waals surface area contributed by atoms with E-state index in [1.165, 1.54) is 4.90 Å². The Morgan fingerprint density at radius 3 is 2.52 bits per heavy atom. The van der Waals surface area contributed by atoms with Crippen LogP contribution in [0.15, 0.2) is 77.0 Å². The fourth-order valence-corrected chi connectivity index (χ4v) is 9.90. The summed E-state index contributed by atoms with van der Waals surface area (Å²) in [5, 5.41) is 28.4. The van der Waals surface area contributed by atoms with Gasteiger partial charge in [-0.3, -0.25) is 14.0 Å². The van der Waals surface area contributed by atoms with Crippen LogP contribution in [0.3, 0.4) is 0 Å². The van der Waals surface area contributed by atoms with E-state index >= 15 is 0 Å². The molecule has 2 aliphatic heterocycles. The number of carbonyl (C=O) groups excluding carboxylic acids is 2. The molecular formula is C49H55N9O7S. The normalized spacial score (nSPS) is 20.8. The molecule has 0 radical (unpaired) electrons. The van der Waals surface area contributed by atoms with E-state index in [2.05, 4.69) is 42.2 Å². The second-order valence-electron chi connectivity index (χ2n) is 17.9. The van der Waals surface area contributed by atoms with Crippen LogP contribution in [-0.4, -0.2) is 108 Å². The minimum Gasteiger partial charge on any atom is -0.507 e. The van der Waals surface area contributed by atoms with Crippen LogP contribution < -0.4 is 16.0 Å². The maximum absolute atomic E-state index is 14.3. The lowest BCUT2D eigenvalue weighted by Crippen LogP contribution is -2.48. The molecule has 6 aromatic rings. The van der Waals surface area contributed by atoms with Gasteiger partial charge in [0.1, 0.15) is 30.1 Å². The Balaban J connectivity index is 0.727. The highest BCUT2D eigenvalue weighted by atomic mass is 32.1. The predicted molar refractivity (Wildman–Crippen MR) is 250 cm³/mol. The van der Waals surface area contributed by atoms with E-state index in [0.717, 1.165) is 60.5 Å². The Labute approximate surface area is 387 Å². The van der Waals surface area contributed by atoms with Crippen molar-refractivity contribution in [3.63, 3.8) is 0 Å². The van der Waals surface area contributed by atoms with Gasteiger partial charge in [-0.15, -0.1) is 11.3 Å². The van der Waals surface area contributed by atoms with Crippen LogP contribution in [-0.2, 0) is 19.1 Å². The number of amides is 2. The molecule has 6 heterocycles. The lowest BCUT2D eigenvalue weighted by Gasteiger charge is -2.39. The summed E-state index contributed by atoms with van der Waals surface area (Å²) in [5.74, 6) is 6.66.